The van der Waals surface area contributed by atoms with E-state index < -0.39 is 22.6 Å². The highest BCUT2D eigenvalue weighted by atomic mass is 79.9. The number of nitrogens with zero attached hydrogens (tertiary/aromatic N) is 3. The monoisotopic (exact) mass is 743 g/mol. The van der Waals surface area contributed by atoms with Gasteiger partial charge >= 0.3 is 0 Å². The zero-order valence-electron chi connectivity index (χ0n) is 26.7. The molecular formula is C36H43BrClN3O5S. The van der Waals surface area contributed by atoms with Crippen LogP contribution in [0, 0.1) is 11.8 Å². The quantitative estimate of drug-likeness (QED) is 0.120. The lowest BCUT2D eigenvalue weighted by Crippen LogP contribution is -2.56. The number of hydrogen-bond acceptors (Lipinski definition) is 6. The highest BCUT2D eigenvalue weighted by molar-refractivity contribution is 9.09. The number of benzene rings is 2. The summed E-state index contributed by atoms with van der Waals surface area (Å²) in [6.45, 7) is 11.3. The number of amides is 3. The minimum atomic E-state index is -0.808. The Morgan fingerprint density at radius 2 is 1.74 bits per heavy atom. The van der Waals surface area contributed by atoms with Crippen LogP contribution in [-0.2, 0) is 14.4 Å². The van der Waals surface area contributed by atoms with Crippen molar-refractivity contribution in [3.05, 3.63) is 78.9 Å². The van der Waals surface area contributed by atoms with Crippen LogP contribution in [0.25, 0.3) is 0 Å². The molecule has 3 aliphatic rings. The van der Waals surface area contributed by atoms with E-state index in [1.807, 2.05) is 43.3 Å². The Bertz CT molecular complexity index is 1480. The number of hydrogen-bond donors (Lipinski definition) is 1. The van der Waals surface area contributed by atoms with Crippen LogP contribution >= 0.6 is 39.3 Å². The first-order valence-electron chi connectivity index (χ1n) is 16.3. The third-order valence-electron chi connectivity index (χ3n) is 9.37. The summed E-state index contributed by atoms with van der Waals surface area (Å²) in [5.74, 6) is -1.12. The summed E-state index contributed by atoms with van der Waals surface area (Å²) in [5, 5.41) is 9.51. The van der Waals surface area contributed by atoms with Gasteiger partial charge in [0, 0.05) is 42.0 Å². The number of unbranched alkanes of at least 4 members (excludes halogenated alkanes) is 3. The normalized spacial score (nSPS) is 25.8. The van der Waals surface area contributed by atoms with Crippen LogP contribution in [0.4, 0.5) is 11.4 Å². The van der Waals surface area contributed by atoms with Gasteiger partial charge < -0.3 is 24.5 Å². The fourth-order valence-electron chi connectivity index (χ4n) is 7.45. The van der Waals surface area contributed by atoms with Crippen molar-refractivity contribution in [1.29, 1.82) is 0 Å². The zero-order chi connectivity index (χ0) is 33.7. The topological polar surface area (TPSA) is 90.4 Å². The molecule has 1 spiro atoms. The Morgan fingerprint density at radius 3 is 2.40 bits per heavy atom. The second-order valence-electron chi connectivity index (χ2n) is 12.2. The molecule has 0 radical (unpaired) electrons. The molecule has 3 saturated heterocycles. The molecule has 3 fully saturated rings. The van der Waals surface area contributed by atoms with E-state index in [2.05, 4.69) is 29.1 Å². The molecule has 3 aliphatic heterocycles. The van der Waals surface area contributed by atoms with E-state index in [0.717, 1.165) is 12.8 Å². The summed E-state index contributed by atoms with van der Waals surface area (Å²) >= 11 is 12.1. The Labute approximate surface area is 295 Å². The maximum Gasteiger partial charge on any atom is 0.251 e. The average molecular weight is 745 g/mol. The van der Waals surface area contributed by atoms with Crippen molar-refractivity contribution in [2.75, 3.05) is 42.6 Å². The number of carbonyl (C=O) groups excluding carboxylic acids is 3. The molecule has 1 N–H and O–H groups in total. The van der Waals surface area contributed by atoms with Crippen LogP contribution in [0.1, 0.15) is 39.0 Å². The van der Waals surface area contributed by atoms with E-state index in [0.29, 0.717) is 54.6 Å². The molecule has 8 nitrogen and oxygen atoms in total. The Kier molecular flexibility index (Phi) is 11.8. The van der Waals surface area contributed by atoms with Gasteiger partial charge in [-0.1, -0.05) is 64.7 Å². The summed E-state index contributed by atoms with van der Waals surface area (Å²) in [6, 6.07) is 13.8. The maximum absolute atomic E-state index is 14.9. The first-order valence-corrected chi connectivity index (χ1v) is 18.5. The molecule has 47 heavy (non-hydrogen) atoms. The summed E-state index contributed by atoms with van der Waals surface area (Å²) in [5.41, 5.74) is 1.25. The van der Waals surface area contributed by atoms with Crippen molar-refractivity contribution < 1.29 is 24.2 Å². The second-order valence-corrected chi connectivity index (χ2v) is 15.3. The number of anilines is 2. The van der Waals surface area contributed by atoms with E-state index in [1.165, 1.54) is 0 Å². The van der Waals surface area contributed by atoms with E-state index in [1.54, 1.807) is 50.7 Å². The zero-order valence-corrected chi connectivity index (χ0v) is 29.9. The maximum atomic E-state index is 14.9. The number of rotatable bonds is 16. The van der Waals surface area contributed by atoms with Gasteiger partial charge in [0.25, 0.3) is 5.91 Å². The van der Waals surface area contributed by atoms with Crippen molar-refractivity contribution in [2.45, 2.75) is 59.9 Å². The molecule has 3 heterocycles. The van der Waals surface area contributed by atoms with Crippen molar-refractivity contribution in [2.24, 2.45) is 11.8 Å². The van der Waals surface area contributed by atoms with Crippen LogP contribution in [0.5, 0.6) is 5.75 Å². The number of halogens is 2. The lowest BCUT2D eigenvalue weighted by atomic mass is 9.70. The summed E-state index contributed by atoms with van der Waals surface area (Å²) in [6.07, 6.45) is 6.94. The average Bonchev–Trinajstić information content (AvgIpc) is 3.66. The number of aliphatic hydroxyl groups excluding tert-OH is 1. The molecule has 5 rings (SSSR count). The van der Waals surface area contributed by atoms with Crippen LogP contribution in [0.15, 0.2) is 73.8 Å². The third-order valence-corrected chi connectivity index (χ3v) is 12.9. The summed E-state index contributed by atoms with van der Waals surface area (Å²) < 4.78 is 4.81. The molecule has 3 unspecified atom stereocenters. The molecule has 2 bridgehead atoms. The van der Waals surface area contributed by atoms with Crippen molar-refractivity contribution in [3.8, 4) is 5.75 Å². The van der Waals surface area contributed by atoms with Gasteiger partial charge in [-0.25, -0.2) is 0 Å². The number of thioether (sulfide) groups is 1. The van der Waals surface area contributed by atoms with Gasteiger partial charge in [-0.2, -0.15) is 0 Å². The van der Waals surface area contributed by atoms with E-state index in [9.17, 15) is 19.5 Å². The van der Waals surface area contributed by atoms with Crippen LogP contribution in [0.3, 0.4) is 0 Å². The van der Waals surface area contributed by atoms with E-state index in [4.69, 9.17) is 16.3 Å². The molecule has 0 saturated carbocycles. The Hall–Kier alpha value is -2.79. The molecule has 11 heteroatoms. The van der Waals surface area contributed by atoms with Gasteiger partial charge in [0.05, 0.1) is 33.9 Å². The van der Waals surface area contributed by atoms with E-state index >= 15 is 0 Å². The molecule has 0 aromatic heterocycles. The van der Waals surface area contributed by atoms with Gasteiger partial charge in [-0.15, -0.1) is 24.9 Å². The number of likely N-dealkylation sites (tertiary alicyclic amines) is 1. The molecule has 0 aliphatic carbocycles. The van der Waals surface area contributed by atoms with Crippen LogP contribution in [0.2, 0.25) is 5.02 Å². The number of carbonyl (C=O) groups is 3. The highest BCUT2D eigenvalue weighted by Gasteiger charge is 2.76. The molecule has 2 aromatic carbocycles. The number of aliphatic hydroxyl groups is 1. The fraction of sp³-hybridized carbons (Fsp3) is 0.472. The predicted molar refractivity (Wildman–Crippen MR) is 194 cm³/mol. The lowest BCUT2D eigenvalue weighted by molar-refractivity contribution is -0.139. The number of ether oxygens (including phenoxy) is 1. The molecule has 3 amide bonds. The smallest absolute Gasteiger partial charge is 0.251 e. The SMILES string of the molecule is C=CCN(C(=O)[C@H]1[C@H]2C(=O)N(CCCCCCO)C(C(=O)N(CC=C)c3ccccc3Cl)C23CC(Br)[C@@H]1S3)c1ccc(OCC)cc1. The van der Waals surface area contributed by atoms with Gasteiger partial charge in [-0.3, -0.25) is 14.4 Å². The van der Waals surface area contributed by atoms with Gasteiger partial charge in [0.1, 0.15) is 11.8 Å². The van der Waals surface area contributed by atoms with Crippen molar-refractivity contribution in [3.63, 3.8) is 0 Å². The van der Waals surface area contributed by atoms with Crippen LogP contribution < -0.4 is 14.5 Å². The largest absolute Gasteiger partial charge is 0.494 e. The summed E-state index contributed by atoms with van der Waals surface area (Å²) in [7, 11) is 0. The summed E-state index contributed by atoms with van der Waals surface area (Å²) in [4.78, 5) is 49.2. The van der Waals surface area contributed by atoms with Crippen molar-refractivity contribution >= 4 is 68.4 Å². The lowest BCUT2D eigenvalue weighted by Gasteiger charge is -2.38. The third kappa shape index (κ3) is 6.76. The number of para-hydroxylation sites is 1. The van der Waals surface area contributed by atoms with Crippen molar-refractivity contribution in [1.82, 2.24) is 4.90 Å². The Balaban J connectivity index is 1.54. The first kappa shape index (κ1) is 35.5. The van der Waals surface area contributed by atoms with Gasteiger partial charge in [-0.05, 0) is 62.6 Å². The highest BCUT2D eigenvalue weighted by Crippen LogP contribution is 2.68. The first-order chi connectivity index (χ1) is 22.7. The Morgan fingerprint density at radius 1 is 1.06 bits per heavy atom. The molecule has 6 atom stereocenters. The number of fused-ring (bicyclic) bond motifs is 1. The fourth-order valence-corrected chi connectivity index (χ4v) is 11.3. The van der Waals surface area contributed by atoms with E-state index in [-0.39, 0.29) is 47.5 Å². The predicted octanol–water partition coefficient (Wildman–Crippen LogP) is 6.49. The van der Waals surface area contributed by atoms with Gasteiger partial charge in [0.2, 0.25) is 11.8 Å². The van der Waals surface area contributed by atoms with Gasteiger partial charge in [0.15, 0.2) is 0 Å². The van der Waals surface area contributed by atoms with Crippen LogP contribution in [-0.4, -0.2) is 81.4 Å². The second kappa shape index (κ2) is 15.6. The minimum Gasteiger partial charge on any atom is -0.494 e. The molecular weight excluding hydrogens is 702 g/mol. The standard InChI is InChI=1S/C36H43BrClN3O5S/c1-4-19-39(24-15-17-25(18-16-24)46-6-3)33(43)29-30-34(44)41(21-11-7-8-12-22-42)32(36(30)23-26(37)31(29)47-36)35(45)40(20-5-2)28-14-10-9-13-27(28)38/h4-5,9-10,13-18,26,29-32,42H,1-2,6-8,11-12,19-23H2,3H3/t26?,29-,30-,31-,32?,36?/m0/s1. The minimum absolute atomic E-state index is 0.0654. The molecule has 2 aromatic rings. The number of alkyl halides is 1. The molecule has 252 valence electrons.